The summed E-state index contributed by atoms with van der Waals surface area (Å²) in [6.07, 6.45) is 1.67. The fourth-order valence-corrected chi connectivity index (χ4v) is 1.62. The fraction of sp³-hybridized carbons (Fsp3) is 1.00. The minimum absolute atomic E-state index is 0.160. The van der Waals surface area contributed by atoms with Gasteiger partial charge in [0.2, 0.25) is 0 Å². The summed E-state index contributed by atoms with van der Waals surface area (Å²) < 4.78 is 26.5. The van der Waals surface area contributed by atoms with E-state index in [1.165, 1.54) is 7.05 Å². The lowest BCUT2D eigenvalue weighted by Gasteiger charge is -2.14. The molecule has 0 amide bonds. The molecule has 0 aromatic rings. The molecule has 1 atom stereocenters. The van der Waals surface area contributed by atoms with Gasteiger partial charge in [-0.15, -0.1) is 0 Å². The lowest BCUT2D eigenvalue weighted by atomic mass is 10.2. The second kappa shape index (κ2) is 5.47. The molecule has 0 radical (unpaired) electrons. The van der Waals surface area contributed by atoms with E-state index in [1.807, 2.05) is 6.92 Å². The largest absolute Gasteiger partial charge is 0.329 e. The summed E-state index contributed by atoms with van der Waals surface area (Å²) in [5.74, 6) is 0. The van der Waals surface area contributed by atoms with Gasteiger partial charge >= 0.3 is 0 Å². The van der Waals surface area contributed by atoms with Crippen molar-refractivity contribution in [3.05, 3.63) is 0 Å². The predicted octanol–water partition coefficient (Wildman–Crippen LogP) is -0.832. The van der Waals surface area contributed by atoms with Gasteiger partial charge in [-0.05, 0) is 6.42 Å². The summed E-state index contributed by atoms with van der Waals surface area (Å²) in [6, 6.07) is -0.160. The van der Waals surface area contributed by atoms with Crippen LogP contribution in [0.3, 0.4) is 0 Å². The van der Waals surface area contributed by atoms with Crippen LogP contribution in [0.25, 0.3) is 0 Å². The van der Waals surface area contributed by atoms with Crippen LogP contribution >= 0.6 is 0 Å². The highest BCUT2D eigenvalue weighted by atomic mass is 32.2. The summed E-state index contributed by atoms with van der Waals surface area (Å²) in [6.45, 7) is 2.31. The molecule has 0 aromatic carbocycles. The minimum atomic E-state index is -3.33. The molecule has 74 valence electrons. The highest BCUT2D eigenvalue weighted by molar-refractivity contribution is 7.87. The number of nitrogens with two attached hydrogens (primary N) is 1. The van der Waals surface area contributed by atoms with E-state index in [2.05, 4.69) is 9.44 Å². The monoisotopic (exact) mass is 195 g/mol. The van der Waals surface area contributed by atoms with Crippen molar-refractivity contribution in [3.8, 4) is 0 Å². The zero-order chi connectivity index (χ0) is 9.61. The van der Waals surface area contributed by atoms with Crippen LogP contribution in [-0.2, 0) is 10.2 Å². The van der Waals surface area contributed by atoms with Crippen molar-refractivity contribution in [1.29, 1.82) is 0 Å². The van der Waals surface area contributed by atoms with Crippen molar-refractivity contribution in [1.82, 2.24) is 9.44 Å². The van der Waals surface area contributed by atoms with Gasteiger partial charge in [-0.3, -0.25) is 0 Å². The lowest BCUT2D eigenvalue weighted by Crippen LogP contribution is -2.44. The smallest absolute Gasteiger partial charge is 0.276 e. The first-order valence-electron chi connectivity index (χ1n) is 3.96. The SMILES string of the molecule is CCCC(CN)NS(=O)(=O)NC. The molecule has 1 unspecified atom stereocenters. The normalized spacial score (nSPS) is 14.6. The van der Waals surface area contributed by atoms with Gasteiger partial charge in [0.05, 0.1) is 0 Å². The third-order valence-electron chi connectivity index (χ3n) is 1.51. The van der Waals surface area contributed by atoms with Crippen LogP contribution in [0.15, 0.2) is 0 Å². The van der Waals surface area contributed by atoms with Crippen molar-refractivity contribution >= 4 is 10.2 Å². The quantitative estimate of drug-likeness (QED) is 0.517. The number of nitrogens with one attached hydrogen (secondary N) is 2. The Bertz CT molecular complexity index is 203. The van der Waals surface area contributed by atoms with E-state index in [9.17, 15) is 8.42 Å². The van der Waals surface area contributed by atoms with Gasteiger partial charge in [-0.25, -0.2) is 4.72 Å². The predicted molar refractivity (Wildman–Crippen MR) is 48.9 cm³/mol. The molecule has 6 heteroatoms. The maximum Gasteiger partial charge on any atom is 0.276 e. The summed E-state index contributed by atoms with van der Waals surface area (Å²) in [5.41, 5.74) is 5.37. The first-order chi connectivity index (χ1) is 5.55. The highest BCUT2D eigenvalue weighted by Gasteiger charge is 2.12. The van der Waals surface area contributed by atoms with E-state index in [-0.39, 0.29) is 6.04 Å². The molecule has 0 heterocycles. The van der Waals surface area contributed by atoms with Gasteiger partial charge in [0.25, 0.3) is 10.2 Å². The number of hydrogen-bond acceptors (Lipinski definition) is 3. The Kier molecular flexibility index (Phi) is 5.39. The molecule has 0 bridgehead atoms. The molecule has 12 heavy (non-hydrogen) atoms. The summed E-state index contributed by atoms with van der Waals surface area (Å²) >= 11 is 0. The molecule has 0 aromatic heterocycles. The Balaban J connectivity index is 4.02. The van der Waals surface area contributed by atoms with Gasteiger partial charge in [0.15, 0.2) is 0 Å². The zero-order valence-corrected chi connectivity index (χ0v) is 8.32. The Morgan fingerprint density at radius 2 is 2.08 bits per heavy atom. The molecule has 0 aliphatic carbocycles. The topological polar surface area (TPSA) is 84.2 Å². The third-order valence-corrected chi connectivity index (χ3v) is 2.69. The van der Waals surface area contributed by atoms with E-state index in [0.717, 1.165) is 12.8 Å². The zero-order valence-electron chi connectivity index (χ0n) is 7.50. The number of hydrogen-bond donors (Lipinski definition) is 3. The van der Waals surface area contributed by atoms with E-state index >= 15 is 0 Å². The van der Waals surface area contributed by atoms with E-state index in [0.29, 0.717) is 6.54 Å². The lowest BCUT2D eigenvalue weighted by molar-refractivity contribution is 0.521. The fourth-order valence-electron chi connectivity index (χ4n) is 0.852. The minimum Gasteiger partial charge on any atom is -0.329 e. The maximum atomic E-state index is 11.0. The Morgan fingerprint density at radius 3 is 2.42 bits per heavy atom. The van der Waals surface area contributed by atoms with Crippen LogP contribution in [0.1, 0.15) is 19.8 Å². The van der Waals surface area contributed by atoms with Crippen LogP contribution < -0.4 is 15.2 Å². The first kappa shape index (κ1) is 11.8. The van der Waals surface area contributed by atoms with Crippen LogP contribution in [0.2, 0.25) is 0 Å². The van der Waals surface area contributed by atoms with Gasteiger partial charge in [-0.1, -0.05) is 13.3 Å². The molecule has 4 N–H and O–H groups in total. The average molecular weight is 195 g/mol. The first-order valence-corrected chi connectivity index (χ1v) is 5.45. The van der Waals surface area contributed by atoms with Crippen LogP contribution in [0.5, 0.6) is 0 Å². The average Bonchev–Trinajstić information content (AvgIpc) is 2.03. The van der Waals surface area contributed by atoms with Crippen molar-refractivity contribution in [2.75, 3.05) is 13.6 Å². The highest BCUT2D eigenvalue weighted by Crippen LogP contribution is 1.95. The molecule has 0 saturated heterocycles. The van der Waals surface area contributed by atoms with Gasteiger partial charge in [-0.2, -0.15) is 13.1 Å². The van der Waals surface area contributed by atoms with Crippen LogP contribution in [0, 0.1) is 0 Å². The molecule has 5 nitrogen and oxygen atoms in total. The van der Waals surface area contributed by atoms with Crippen molar-refractivity contribution in [3.63, 3.8) is 0 Å². The van der Waals surface area contributed by atoms with E-state index < -0.39 is 10.2 Å². The Hall–Kier alpha value is -0.170. The van der Waals surface area contributed by atoms with E-state index in [4.69, 9.17) is 5.73 Å². The second-order valence-corrected chi connectivity index (χ2v) is 4.20. The summed E-state index contributed by atoms with van der Waals surface area (Å²) in [4.78, 5) is 0. The summed E-state index contributed by atoms with van der Waals surface area (Å²) in [7, 11) is -1.97. The molecule has 0 rings (SSSR count). The summed E-state index contributed by atoms with van der Waals surface area (Å²) in [5, 5.41) is 0. The Labute approximate surface area is 73.9 Å². The van der Waals surface area contributed by atoms with Crippen molar-refractivity contribution < 1.29 is 8.42 Å². The third kappa shape index (κ3) is 4.66. The maximum absolute atomic E-state index is 11.0. The standard InChI is InChI=1S/C6H17N3O2S/c1-3-4-6(5-7)9-12(10,11)8-2/h6,8-9H,3-5,7H2,1-2H3. The molecular weight excluding hydrogens is 178 g/mol. The Morgan fingerprint density at radius 1 is 1.50 bits per heavy atom. The molecular formula is C6H17N3O2S. The number of rotatable bonds is 6. The molecule has 0 fully saturated rings. The second-order valence-electron chi connectivity index (χ2n) is 2.55. The van der Waals surface area contributed by atoms with Crippen molar-refractivity contribution in [2.24, 2.45) is 5.73 Å². The molecule has 0 saturated carbocycles. The molecule has 0 aliphatic heterocycles. The van der Waals surface area contributed by atoms with Gasteiger partial charge < -0.3 is 5.73 Å². The van der Waals surface area contributed by atoms with Crippen LogP contribution in [0.4, 0.5) is 0 Å². The molecule has 0 spiro atoms. The van der Waals surface area contributed by atoms with Gasteiger partial charge in [0.1, 0.15) is 0 Å². The van der Waals surface area contributed by atoms with Crippen molar-refractivity contribution in [2.45, 2.75) is 25.8 Å². The van der Waals surface area contributed by atoms with E-state index in [1.54, 1.807) is 0 Å². The van der Waals surface area contributed by atoms with Gasteiger partial charge in [0, 0.05) is 19.6 Å². The molecule has 0 aliphatic rings. The van der Waals surface area contributed by atoms with Crippen LogP contribution in [-0.4, -0.2) is 28.1 Å².